The van der Waals surface area contributed by atoms with Crippen LogP contribution in [-0.4, -0.2) is 34.6 Å². The number of halogens is 6. The first-order valence-electron chi connectivity index (χ1n) is 8.66. The first kappa shape index (κ1) is 23.0. The topological polar surface area (TPSA) is 46.5 Å². The molecule has 1 rings (SSSR count). The number of alkyl halides is 6. The Morgan fingerprint density at radius 3 is 1.77 bits per heavy atom. The van der Waals surface area contributed by atoms with E-state index in [4.69, 9.17) is 4.74 Å². The van der Waals surface area contributed by atoms with Crippen molar-refractivity contribution in [3.05, 3.63) is 0 Å². The molecule has 1 saturated carbocycles. The highest BCUT2D eigenvalue weighted by Crippen LogP contribution is 2.50. The lowest BCUT2D eigenvalue weighted by Gasteiger charge is -2.44. The van der Waals surface area contributed by atoms with Crippen molar-refractivity contribution in [1.29, 1.82) is 0 Å². The normalized spacial score (nSPS) is 28.0. The van der Waals surface area contributed by atoms with Crippen molar-refractivity contribution in [3.8, 4) is 0 Å². The summed E-state index contributed by atoms with van der Waals surface area (Å²) in [4.78, 5) is 11.9. The zero-order valence-corrected chi connectivity index (χ0v) is 15.3. The van der Waals surface area contributed by atoms with Gasteiger partial charge in [-0.25, -0.2) is 0 Å². The van der Waals surface area contributed by atoms with E-state index < -0.39 is 47.3 Å². The highest BCUT2D eigenvalue weighted by Gasteiger charge is 2.61. The fourth-order valence-corrected chi connectivity index (χ4v) is 3.29. The number of esters is 1. The lowest BCUT2D eigenvalue weighted by Crippen LogP contribution is -2.55. The van der Waals surface area contributed by atoms with Crippen LogP contribution < -0.4 is 0 Å². The largest absolute Gasteiger partial charge is 0.449 e. The van der Waals surface area contributed by atoms with Gasteiger partial charge in [0.15, 0.2) is 5.60 Å². The molecule has 1 aliphatic rings. The fraction of sp³-hybridized carbons (Fsp3) is 0.941. The molecule has 0 amide bonds. The Morgan fingerprint density at radius 2 is 1.42 bits per heavy atom. The monoisotopic (exact) mass is 392 g/mol. The molecule has 154 valence electrons. The van der Waals surface area contributed by atoms with Gasteiger partial charge in [-0.15, -0.1) is 0 Å². The molecule has 0 spiro atoms. The number of ether oxygens (including phenoxy) is 1. The van der Waals surface area contributed by atoms with Gasteiger partial charge in [0.05, 0.1) is 5.92 Å². The van der Waals surface area contributed by atoms with Crippen LogP contribution in [0.1, 0.15) is 59.8 Å². The summed E-state index contributed by atoms with van der Waals surface area (Å²) in [5, 5.41) is 9.74. The Kier molecular flexibility index (Phi) is 6.70. The van der Waals surface area contributed by atoms with Crippen molar-refractivity contribution >= 4 is 5.97 Å². The average molecular weight is 392 g/mol. The van der Waals surface area contributed by atoms with Crippen LogP contribution in [0.4, 0.5) is 26.3 Å². The van der Waals surface area contributed by atoms with Crippen LogP contribution in [0.25, 0.3) is 0 Å². The minimum atomic E-state index is -4.86. The molecule has 0 aromatic carbocycles. The van der Waals surface area contributed by atoms with E-state index in [1.54, 1.807) is 6.92 Å². The minimum absolute atomic E-state index is 0.222. The number of aliphatic hydroxyl groups is 1. The smallest absolute Gasteiger partial charge is 0.428 e. The molecule has 0 radical (unpaired) electrons. The second kappa shape index (κ2) is 7.56. The van der Waals surface area contributed by atoms with Gasteiger partial charge in [0, 0.05) is 5.92 Å². The van der Waals surface area contributed by atoms with Crippen LogP contribution in [0.15, 0.2) is 0 Å². The minimum Gasteiger partial charge on any atom is -0.449 e. The molecule has 0 heterocycles. The van der Waals surface area contributed by atoms with Crippen LogP contribution in [0.3, 0.4) is 0 Å². The van der Waals surface area contributed by atoms with Gasteiger partial charge >= 0.3 is 18.3 Å². The summed E-state index contributed by atoms with van der Waals surface area (Å²) in [6.45, 7) is 4.52. The van der Waals surface area contributed by atoms with Crippen molar-refractivity contribution in [1.82, 2.24) is 0 Å². The van der Waals surface area contributed by atoms with Gasteiger partial charge in [-0.3, -0.25) is 4.79 Å². The molecular weight excluding hydrogens is 366 g/mol. The lowest BCUT2D eigenvalue weighted by molar-refractivity contribution is -0.294. The zero-order chi connectivity index (χ0) is 20.6. The molecule has 0 aromatic heterocycles. The second-order valence-corrected chi connectivity index (χ2v) is 7.53. The summed E-state index contributed by atoms with van der Waals surface area (Å²) in [6.07, 6.45) is -10.3. The Morgan fingerprint density at radius 1 is 1.00 bits per heavy atom. The molecule has 1 fully saturated rings. The van der Waals surface area contributed by atoms with E-state index in [-0.39, 0.29) is 25.7 Å². The highest BCUT2D eigenvalue weighted by molar-refractivity contribution is 5.72. The van der Waals surface area contributed by atoms with E-state index in [0.717, 1.165) is 6.92 Å². The van der Waals surface area contributed by atoms with Crippen molar-refractivity contribution < 1.29 is 41.0 Å². The van der Waals surface area contributed by atoms with Crippen LogP contribution in [0.2, 0.25) is 0 Å². The van der Waals surface area contributed by atoms with E-state index in [1.165, 1.54) is 6.92 Å². The number of carbonyl (C=O) groups is 1. The van der Waals surface area contributed by atoms with Gasteiger partial charge in [-0.2, -0.15) is 26.3 Å². The van der Waals surface area contributed by atoms with Gasteiger partial charge < -0.3 is 9.84 Å². The maximum absolute atomic E-state index is 13.6. The fourth-order valence-electron chi connectivity index (χ4n) is 3.29. The molecule has 3 nitrogen and oxygen atoms in total. The Bertz CT molecular complexity index is 492. The van der Waals surface area contributed by atoms with Gasteiger partial charge in [0.25, 0.3) is 0 Å². The third kappa shape index (κ3) is 4.46. The molecule has 0 bridgehead atoms. The molecule has 1 aliphatic carbocycles. The highest BCUT2D eigenvalue weighted by atomic mass is 19.4. The number of carbonyl (C=O) groups excluding carboxylic acids is 1. The van der Waals surface area contributed by atoms with Crippen molar-refractivity contribution in [2.45, 2.75) is 83.4 Å². The van der Waals surface area contributed by atoms with Crippen LogP contribution in [0, 0.1) is 17.8 Å². The van der Waals surface area contributed by atoms with Gasteiger partial charge in [0.1, 0.15) is 0 Å². The standard InChI is InChI=1S/C17H26F6O3/c1-5-10(2)13(24)26-15(4,17(21,22)23)12-8-6-11(7-9-12)14(3,25)16(18,19)20/h10-12,25H,5-9H2,1-4H3. The van der Waals surface area contributed by atoms with Crippen LogP contribution >= 0.6 is 0 Å². The van der Waals surface area contributed by atoms with Gasteiger partial charge in [-0.05, 0) is 51.9 Å². The summed E-state index contributed by atoms with van der Waals surface area (Å²) in [7, 11) is 0. The Balaban J connectivity index is 2.96. The van der Waals surface area contributed by atoms with Crippen molar-refractivity contribution in [2.75, 3.05) is 0 Å². The predicted molar refractivity (Wildman–Crippen MR) is 82.1 cm³/mol. The van der Waals surface area contributed by atoms with Gasteiger partial charge in [-0.1, -0.05) is 13.8 Å². The van der Waals surface area contributed by atoms with Crippen LogP contribution in [-0.2, 0) is 9.53 Å². The van der Waals surface area contributed by atoms with E-state index in [1.807, 2.05) is 0 Å². The molecule has 0 aliphatic heterocycles. The maximum Gasteiger partial charge on any atom is 0.428 e. The van der Waals surface area contributed by atoms with Crippen LogP contribution in [0.5, 0.6) is 0 Å². The molecule has 3 atom stereocenters. The zero-order valence-electron chi connectivity index (χ0n) is 15.3. The quantitative estimate of drug-likeness (QED) is 0.528. The van der Waals surface area contributed by atoms with E-state index in [9.17, 15) is 36.2 Å². The van der Waals surface area contributed by atoms with E-state index in [0.29, 0.717) is 13.3 Å². The van der Waals surface area contributed by atoms with E-state index in [2.05, 4.69) is 0 Å². The molecule has 9 heteroatoms. The Hall–Kier alpha value is -0.990. The number of hydrogen-bond acceptors (Lipinski definition) is 3. The average Bonchev–Trinajstić information content (AvgIpc) is 2.51. The molecule has 0 aromatic rings. The molecule has 3 unspecified atom stereocenters. The number of rotatable bonds is 5. The third-order valence-electron chi connectivity index (χ3n) is 5.77. The predicted octanol–water partition coefficient (Wildman–Crippen LogP) is 5.02. The summed E-state index contributed by atoms with van der Waals surface area (Å²) in [5.74, 6) is -4.03. The summed E-state index contributed by atoms with van der Waals surface area (Å²) in [6, 6.07) is 0. The maximum atomic E-state index is 13.6. The molecule has 1 N–H and O–H groups in total. The lowest BCUT2D eigenvalue weighted by atomic mass is 9.69. The van der Waals surface area contributed by atoms with E-state index >= 15 is 0 Å². The van der Waals surface area contributed by atoms with Crippen molar-refractivity contribution in [2.24, 2.45) is 17.8 Å². The SMILES string of the molecule is CCC(C)C(=O)OC(C)(C1CCC(C(C)(O)C(F)(F)F)CC1)C(F)(F)F. The third-order valence-corrected chi connectivity index (χ3v) is 5.77. The number of hydrogen-bond donors (Lipinski definition) is 1. The molecular formula is C17H26F6O3. The first-order valence-corrected chi connectivity index (χ1v) is 8.66. The summed E-state index contributed by atoms with van der Waals surface area (Å²) >= 11 is 0. The summed E-state index contributed by atoms with van der Waals surface area (Å²) < 4.78 is 84.5. The first-order chi connectivity index (χ1) is 11.6. The molecule has 0 saturated heterocycles. The summed E-state index contributed by atoms with van der Waals surface area (Å²) in [5.41, 5.74) is -5.72. The van der Waals surface area contributed by atoms with Gasteiger partial charge in [0.2, 0.25) is 5.60 Å². The Labute approximate surface area is 149 Å². The molecule has 26 heavy (non-hydrogen) atoms. The van der Waals surface area contributed by atoms with Crippen molar-refractivity contribution in [3.63, 3.8) is 0 Å². The second-order valence-electron chi connectivity index (χ2n) is 7.53.